The van der Waals surface area contributed by atoms with Gasteiger partial charge in [0.05, 0.1) is 28.6 Å². The fourth-order valence-electron chi connectivity index (χ4n) is 2.69. The Balaban J connectivity index is 1.79. The summed E-state index contributed by atoms with van der Waals surface area (Å²) in [6.07, 6.45) is 5.15. The van der Waals surface area contributed by atoms with Crippen LogP contribution in [0.2, 0.25) is 5.02 Å². The number of amides is 1. The second-order valence-electron chi connectivity index (χ2n) is 5.58. The molecule has 0 radical (unpaired) electrons. The monoisotopic (exact) mass is 344 g/mol. The lowest BCUT2D eigenvalue weighted by Gasteiger charge is -2.13. The number of halogens is 1. The van der Waals surface area contributed by atoms with E-state index in [0.717, 1.165) is 16.9 Å². The third kappa shape index (κ3) is 3.05. The van der Waals surface area contributed by atoms with E-state index < -0.39 is 0 Å². The van der Waals surface area contributed by atoms with Crippen molar-refractivity contribution in [3.8, 4) is 5.69 Å². The van der Waals surface area contributed by atoms with Crippen molar-refractivity contribution in [1.82, 2.24) is 14.7 Å². The molecule has 1 N–H and O–H groups in total. The standard InChI is InChI=1S/C17H17ClN4O2/c1-10(16-11(2)21-24-12(16)3)17(23)20-13-4-5-15(14(18)8-13)22-7-6-19-9-22/h4-10H,1-3H3,(H,20,23)/t10-/m1/s1. The lowest BCUT2D eigenvalue weighted by atomic mass is 9.98. The molecule has 0 aliphatic carbocycles. The van der Waals surface area contributed by atoms with Crippen LogP contribution < -0.4 is 5.32 Å². The topological polar surface area (TPSA) is 73.0 Å². The number of anilines is 1. The average Bonchev–Trinajstić information content (AvgIpc) is 3.17. The van der Waals surface area contributed by atoms with Gasteiger partial charge in [0, 0.05) is 23.6 Å². The summed E-state index contributed by atoms with van der Waals surface area (Å²) in [5, 5.41) is 7.30. The Kier molecular flexibility index (Phi) is 4.40. The number of imidazole rings is 1. The van der Waals surface area contributed by atoms with Crippen LogP contribution in [0.1, 0.15) is 29.9 Å². The van der Waals surface area contributed by atoms with Crippen molar-refractivity contribution >= 4 is 23.2 Å². The molecule has 6 nitrogen and oxygen atoms in total. The zero-order valence-electron chi connectivity index (χ0n) is 13.6. The number of aromatic nitrogens is 3. The molecule has 3 rings (SSSR count). The summed E-state index contributed by atoms with van der Waals surface area (Å²) in [4.78, 5) is 16.5. The zero-order chi connectivity index (χ0) is 17.3. The quantitative estimate of drug-likeness (QED) is 0.779. The first-order chi connectivity index (χ1) is 11.5. The van der Waals surface area contributed by atoms with E-state index in [-0.39, 0.29) is 11.8 Å². The lowest BCUT2D eigenvalue weighted by molar-refractivity contribution is -0.117. The number of rotatable bonds is 4. The molecule has 124 valence electrons. The SMILES string of the molecule is Cc1noc(C)c1[C@@H](C)C(=O)Nc1ccc(-n2ccnc2)c(Cl)c1. The first-order valence-electron chi connectivity index (χ1n) is 7.49. The molecule has 1 aromatic carbocycles. The van der Waals surface area contributed by atoms with E-state index in [4.69, 9.17) is 16.1 Å². The molecular formula is C17H17ClN4O2. The molecule has 1 atom stereocenters. The van der Waals surface area contributed by atoms with Gasteiger partial charge >= 0.3 is 0 Å². The van der Waals surface area contributed by atoms with Crippen molar-refractivity contribution in [3.05, 3.63) is 59.0 Å². The molecule has 0 aliphatic rings. The van der Waals surface area contributed by atoms with E-state index >= 15 is 0 Å². The Morgan fingerprint density at radius 3 is 2.75 bits per heavy atom. The maximum Gasteiger partial charge on any atom is 0.231 e. The van der Waals surface area contributed by atoms with Crippen LogP contribution in [-0.2, 0) is 4.79 Å². The summed E-state index contributed by atoms with van der Waals surface area (Å²) >= 11 is 6.31. The number of nitrogens with zero attached hydrogens (tertiary/aromatic N) is 3. The minimum Gasteiger partial charge on any atom is -0.361 e. The van der Waals surface area contributed by atoms with E-state index in [1.165, 1.54) is 0 Å². The Hall–Kier alpha value is -2.60. The number of aryl methyl sites for hydroxylation is 2. The van der Waals surface area contributed by atoms with Crippen molar-refractivity contribution in [2.24, 2.45) is 0 Å². The molecule has 0 aliphatic heterocycles. The molecule has 2 aromatic heterocycles. The normalized spacial score (nSPS) is 12.2. The zero-order valence-corrected chi connectivity index (χ0v) is 14.3. The summed E-state index contributed by atoms with van der Waals surface area (Å²) < 4.78 is 6.94. The average molecular weight is 345 g/mol. The molecular weight excluding hydrogens is 328 g/mol. The van der Waals surface area contributed by atoms with Crippen LogP contribution >= 0.6 is 11.6 Å². The van der Waals surface area contributed by atoms with Gasteiger partial charge < -0.3 is 14.4 Å². The van der Waals surface area contributed by atoms with E-state index in [1.54, 1.807) is 42.3 Å². The molecule has 24 heavy (non-hydrogen) atoms. The molecule has 1 amide bonds. The smallest absolute Gasteiger partial charge is 0.231 e. The van der Waals surface area contributed by atoms with Gasteiger partial charge in [0.15, 0.2) is 0 Å². The van der Waals surface area contributed by atoms with Gasteiger partial charge in [0.25, 0.3) is 0 Å². The number of hydrogen-bond donors (Lipinski definition) is 1. The second kappa shape index (κ2) is 6.49. The van der Waals surface area contributed by atoms with Crippen molar-refractivity contribution in [1.29, 1.82) is 0 Å². The maximum absolute atomic E-state index is 12.5. The van der Waals surface area contributed by atoms with E-state index in [1.807, 2.05) is 19.9 Å². The largest absolute Gasteiger partial charge is 0.361 e. The molecule has 0 fully saturated rings. The fourth-order valence-corrected chi connectivity index (χ4v) is 2.96. The molecule has 2 heterocycles. The Bertz CT molecular complexity index is 851. The molecule has 3 aromatic rings. The first kappa shape index (κ1) is 16.3. The Morgan fingerprint density at radius 1 is 1.38 bits per heavy atom. The summed E-state index contributed by atoms with van der Waals surface area (Å²) in [7, 11) is 0. The van der Waals surface area contributed by atoms with Crippen LogP contribution in [0.4, 0.5) is 5.69 Å². The molecule has 0 bridgehead atoms. The van der Waals surface area contributed by atoms with E-state index in [2.05, 4.69) is 15.5 Å². The highest BCUT2D eigenvalue weighted by atomic mass is 35.5. The van der Waals surface area contributed by atoms with Gasteiger partial charge in [0.2, 0.25) is 5.91 Å². The van der Waals surface area contributed by atoms with E-state index in [9.17, 15) is 4.79 Å². The van der Waals surface area contributed by atoms with Gasteiger partial charge in [-0.1, -0.05) is 16.8 Å². The minimum absolute atomic E-state index is 0.143. The van der Waals surface area contributed by atoms with Gasteiger partial charge in [-0.25, -0.2) is 4.98 Å². The lowest BCUT2D eigenvalue weighted by Crippen LogP contribution is -2.19. The third-order valence-corrected chi connectivity index (χ3v) is 4.22. The number of benzene rings is 1. The molecule has 0 saturated carbocycles. The van der Waals surface area contributed by atoms with Gasteiger partial charge in [-0.15, -0.1) is 0 Å². The van der Waals surface area contributed by atoms with Crippen LogP contribution in [0.3, 0.4) is 0 Å². The van der Waals surface area contributed by atoms with Crippen LogP contribution in [0.15, 0.2) is 41.4 Å². The van der Waals surface area contributed by atoms with Crippen LogP contribution in [0.25, 0.3) is 5.69 Å². The van der Waals surface area contributed by atoms with Gasteiger partial charge in [0.1, 0.15) is 5.76 Å². The Labute approximate surface area is 144 Å². The summed E-state index contributed by atoms with van der Waals surface area (Å²) in [5.74, 6) is 0.142. The highest BCUT2D eigenvalue weighted by Crippen LogP contribution is 2.27. The summed E-state index contributed by atoms with van der Waals surface area (Å²) in [6.45, 7) is 5.45. The highest BCUT2D eigenvalue weighted by molar-refractivity contribution is 6.32. The molecule has 0 spiro atoms. The van der Waals surface area contributed by atoms with Crippen molar-refractivity contribution in [3.63, 3.8) is 0 Å². The Morgan fingerprint density at radius 2 is 2.17 bits per heavy atom. The van der Waals surface area contributed by atoms with Crippen molar-refractivity contribution in [2.45, 2.75) is 26.7 Å². The summed E-state index contributed by atoms with van der Waals surface area (Å²) in [6, 6.07) is 5.36. The number of carbonyl (C=O) groups excluding carboxylic acids is 1. The predicted molar refractivity (Wildman–Crippen MR) is 91.6 cm³/mol. The minimum atomic E-state index is -0.372. The van der Waals surface area contributed by atoms with Gasteiger partial charge in [-0.2, -0.15) is 0 Å². The van der Waals surface area contributed by atoms with Crippen molar-refractivity contribution in [2.75, 3.05) is 5.32 Å². The second-order valence-corrected chi connectivity index (χ2v) is 5.99. The van der Waals surface area contributed by atoms with Gasteiger partial charge in [-0.3, -0.25) is 4.79 Å². The predicted octanol–water partition coefficient (Wildman–Crippen LogP) is 3.87. The number of hydrogen-bond acceptors (Lipinski definition) is 4. The number of nitrogens with one attached hydrogen (secondary N) is 1. The van der Waals surface area contributed by atoms with Crippen LogP contribution in [0, 0.1) is 13.8 Å². The molecule has 0 unspecified atom stereocenters. The number of carbonyl (C=O) groups is 1. The van der Waals surface area contributed by atoms with Crippen LogP contribution in [-0.4, -0.2) is 20.6 Å². The molecule has 7 heteroatoms. The van der Waals surface area contributed by atoms with Crippen molar-refractivity contribution < 1.29 is 9.32 Å². The van der Waals surface area contributed by atoms with E-state index in [0.29, 0.717) is 16.5 Å². The fraction of sp³-hybridized carbons (Fsp3) is 0.235. The highest BCUT2D eigenvalue weighted by Gasteiger charge is 2.23. The first-order valence-corrected chi connectivity index (χ1v) is 7.86. The maximum atomic E-state index is 12.5. The molecule has 0 saturated heterocycles. The van der Waals surface area contributed by atoms with Gasteiger partial charge in [-0.05, 0) is 39.0 Å². The van der Waals surface area contributed by atoms with Crippen LogP contribution in [0.5, 0.6) is 0 Å². The summed E-state index contributed by atoms with van der Waals surface area (Å²) in [5.41, 5.74) is 2.97. The third-order valence-electron chi connectivity index (χ3n) is 3.91.